The van der Waals surface area contributed by atoms with E-state index >= 15 is 0 Å². The molecule has 0 aliphatic heterocycles. The summed E-state index contributed by atoms with van der Waals surface area (Å²) in [7, 11) is 0. The summed E-state index contributed by atoms with van der Waals surface area (Å²) >= 11 is 0. The largest absolute Gasteiger partial charge is 0.416 e. The molecule has 0 atom stereocenters. The van der Waals surface area contributed by atoms with Crippen LogP contribution in [0.5, 0.6) is 0 Å². The number of hydrogen-bond donors (Lipinski definition) is 0. The van der Waals surface area contributed by atoms with Crippen LogP contribution in [-0.2, 0) is 6.18 Å². The van der Waals surface area contributed by atoms with Gasteiger partial charge in [-0.15, -0.1) is 0 Å². The van der Waals surface area contributed by atoms with Gasteiger partial charge in [-0.2, -0.15) is 13.2 Å². The average molecular weight is 325 g/mol. The fourth-order valence-electron chi connectivity index (χ4n) is 1.91. The van der Waals surface area contributed by atoms with Crippen LogP contribution >= 0.6 is 0 Å². The van der Waals surface area contributed by atoms with Crippen molar-refractivity contribution in [1.82, 2.24) is 9.97 Å². The number of rotatable bonds is 2. The highest BCUT2D eigenvalue weighted by molar-refractivity contribution is 5.95. The third-order valence-electron chi connectivity index (χ3n) is 2.97. The lowest BCUT2D eigenvalue weighted by Gasteiger charge is -2.11. The Morgan fingerprint density at radius 3 is 2.57 bits per heavy atom. The number of alkyl halides is 3. The highest BCUT2D eigenvalue weighted by atomic mass is 19.4. The van der Waals surface area contributed by atoms with Gasteiger partial charge in [0, 0.05) is 16.0 Å². The number of carbonyl (C=O) groups excluding carboxylic acids is 1. The van der Waals surface area contributed by atoms with Gasteiger partial charge in [-0.3, -0.25) is 4.79 Å². The van der Waals surface area contributed by atoms with Crippen LogP contribution in [0.3, 0.4) is 0 Å². The topological polar surface area (TPSA) is 91.6 Å². The smallest absolute Gasteiger partial charge is 0.285 e. The van der Waals surface area contributed by atoms with Gasteiger partial charge in [0.1, 0.15) is 17.8 Å². The first-order valence-electron chi connectivity index (χ1n) is 6.04. The summed E-state index contributed by atoms with van der Waals surface area (Å²) < 4.78 is 51.7. The van der Waals surface area contributed by atoms with E-state index in [0.29, 0.717) is 12.1 Å². The maximum atomic E-state index is 14.0. The fourth-order valence-corrected chi connectivity index (χ4v) is 1.91. The Morgan fingerprint density at radius 2 is 2.00 bits per heavy atom. The van der Waals surface area contributed by atoms with E-state index < -0.39 is 23.5 Å². The van der Waals surface area contributed by atoms with Gasteiger partial charge in [-0.1, -0.05) is 0 Å². The molecule has 0 saturated heterocycles. The van der Waals surface area contributed by atoms with E-state index in [-0.39, 0.29) is 22.5 Å². The molecular weight excluding hydrogens is 318 g/mol. The summed E-state index contributed by atoms with van der Waals surface area (Å²) in [4.78, 5) is 21.3. The third-order valence-corrected chi connectivity index (χ3v) is 2.97. The summed E-state index contributed by atoms with van der Waals surface area (Å²) in [6, 6.07) is 1.95. The van der Waals surface area contributed by atoms with Crippen LogP contribution in [0.1, 0.15) is 21.6 Å². The number of aromatic nitrogens is 2. The highest BCUT2D eigenvalue weighted by Gasteiger charge is 2.31. The molecule has 0 radical (unpaired) electrons. The molecule has 0 aliphatic carbocycles. The van der Waals surface area contributed by atoms with Crippen LogP contribution in [0, 0.1) is 12.7 Å². The van der Waals surface area contributed by atoms with Crippen LogP contribution in [0.4, 0.5) is 17.6 Å². The Bertz CT molecular complexity index is 828. The van der Waals surface area contributed by atoms with Crippen LogP contribution in [-0.4, -0.2) is 15.9 Å². The molecule has 0 bridgehead atoms. The minimum atomic E-state index is -4.68. The summed E-state index contributed by atoms with van der Waals surface area (Å²) in [6.07, 6.45) is -3.75. The second-order valence-electron chi connectivity index (χ2n) is 4.38. The molecule has 6 nitrogen and oxygen atoms in total. The molecule has 1 aromatic heterocycles. The van der Waals surface area contributed by atoms with E-state index in [0.717, 1.165) is 12.4 Å². The van der Waals surface area contributed by atoms with Crippen molar-refractivity contribution in [2.75, 3.05) is 0 Å². The molecule has 0 saturated carbocycles. The molecule has 1 amide bonds. The standard InChI is InChI=1S/C13H7F4N5O/c1-6-10(19-5-20-11(6)12(23)21-22-18)8-3-2-7(4-9(8)14)13(15,16)17/h2-5H,1H3. The zero-order valence-corrected chi connectivity index (χ0v) is 11.5. The maximum Gasteiger partial charge on any atom is 0.416 e. The number of benzene rings is 1. The average Bonchev–Trinajstić information content (AvgIpc) is 2.47. The van der Waals surface area contributed by atoms with E-state index in [1.54, 1.807) is 0 Å². The van der Waals surface area contributed by atoms with Gasteiger partial charge in [-0.25, -0.2) is 14.4 Å². The first-order chi connectivity index (χ1) is 10.8. The van der Waals surface area contributed by atoms with Crippen LogP contribution < -0.4 is 0 Å². The number of hydrogen-bond acceptors (Lipinski definition) is 3. The molecule has 0 spiro atoms. The lowest BCUT2D eigenvalue weighted by Crippen LogP contribution is -2.07. The Labute approximate surface area is 126 Å². The summed E-state index contributed by atoms with van der Waals surface area (Å²) in [5.74, 6) is -2.15. The Kier molecular flexibility index (Phi) is 4.28. The van der Waals surface area contributed by atoms with Crippen molar-refractivity contribution in [2.45, 2.75) is 13.1 Å². The normalized spacial score (nSPS) is 11.0. The minimum absolute atomic E-state index is 0.0669. The quantitative estimate of drug-likeness (QED) is 0.361. The van der Waals surface area contributed by atoms with Gasteiger partial charge in [0.2, 0.25) is 0 Å². The molecule has 1 aromatic carbocycles. The first kappa shape index (κ1) is 16.4. The lowest BCUT2D eigenvalue weighted by molar-refractivity contribution is -0.137. The SMILES string of the molecule is Cc1c(C(=O)N=[N+]=[N-])ncnc1-c1ccc(C(F)(F)F)cc1F. The lowest BCUT2D eigenvalue weighted by atomic mass is 10.0. The molecule has 0 fully saturated rings. The van der Waals surface area contributed by atoms with E-state index in [4.69, 9.17) is 5.53 Å². The number of amides is 1. The third kappa shape index (κ3) is 3.27. The first-order valence-corrected chi connectivity index (χ1v) is 6.04. The highest BCUT2D eigenvalue weighted by Crippen LogP contribution is 2.33. The van der Waals surface area contributed by atoms with Crippen LogP contribution in [0.15, 0.2) is 29.6 Å². The monoisotopic (exact) mass is 325 g/mol. The second-order valence-corrected chi connectivity index (χ2v) is 4.38. The van der Waals surface area contributed by atoms with Crippen LogP contribution in [0.25, 0.3) is 21.7 Å². The Morgan fingerprint density at radius 1 is 1.30 bits per heavy atom. The number of nitrogens with zero attached hydrogens (tertiary/aromatic N) is 5. The molecule has 0 N–H and O–H groups in total. The minimum Gasteiger partial charge on any atom is -0.285 e. The summed E-state index contributed by atoms with van der Waals surface area (Å²) in [5.41, 5.74) is 6.64. The second kappa shape index (κ2) is 6.01. The van der Waals surface area contributed by atoms with Gasteiger partial charge in [0.05, 0.1) is 11.3 Å². The van der Waals surface area contributed by atoms with Crippen molar-refractivity contribution in [2.24, 2.45) is 5.11 Å². The van der Waals surface area contributed by atoms with Crippen molar-refractivity contribution >= 4 is 5.91 Å². The summed E-state index contributed by atoms with van der Waals surface area (Å²) in [5, 5.41) is 2.87. The van der Waals surface area contributed by atoms with E-state index in [1.807, 2.05) is 0 Å². The Balaban J connectivity index is 2.58. The Hall–Kier alpha value is -3.00. The van der Waals surface area contributed by atoms with Crippen molar-refractivity contribution in [3.63, 3.8) is 0 Å². The van der Waals surface area contributed by atoms with E-state index in [9.17, 15) is 22.4 Å². The van der Waals surface area contributed by atoms with Gasteiger partial charge in [-0.05, 0) is 35.8 Å². The van der Waals surface area contributed by atoms with Crippen molar-refractivity contribution < 1.29 is 22.4 Å². The zero-order valence-electron chi connectivity index (χ0n) is 11.5. The van der Waals surface area contributed by atoms with Crippen LogP contribution in [0.2, 0.25) is 0 Å². The van der Waals surface area contributed by atoms with E-state index in [2.05, 4.69) is 20.0 Å². The molecule has 118 valence electrons. The number of halogens is 4. The molecule has 1 heterocycles. The maximum absolute atomic E-state index is 14.0. The molecule has 0 unspecified atom stereocenters. The van der Waals surface area contributed by atoms with Crippen molar-refractivity contribution in [1.29, 1.82) is 0 Å². The number of carbonyl (C=O) groups is 1. The predicted octanol–water partition coefficient (Wildman–Crippen LogP) is 4.06. The van der Waals surface area contributed by atoms with Crippen molar-refractivity contribution in [3.05, 3.63) is 57.6 Å². The molecule has 2 aromatic rings. The number of azide groups is 1. The van der Waals surface area contributed by atoms with Crippen molar-refractivity contribution in [3.8, 4) is 11.3 Å². The molecule has 0 aliphatic rings. The fraction of sp³-hybridized carbons (Fsp3) is 0.154. The van der Waals surface area contributed by atoms with Gasteiger partial charge in [0.15, 0.2) is 0 Å². The summed E-state index contributed by atoms with van der Waals surface area (Å²) in [6.45, 7) is 1.37. The van der Waals surface area contributed by atoms with Gasteiger partial charge in [0.25, 0.3) is 5.91 Å². The molecule has 23 heavy (non-hydrogen) atoms. The molecular formula is C13H7F4N5O. The molecule has 10 heteroatoms. The predicted molar refractivity (Wildman–Crippen MR) is 70.6 cm³/mol. The van der Waals surface area contributed by atoms with E-state index in [1.165, 1.54) is 6.92 Å². The molecule has 2 rings (SSSR count). The van der Waals surface area contributed by atoms with Gasteiger partial charge < -0.3 is 0 Å². The zero-order chi connectivity index (χ0) is 17.2. The van der Waals surface area contributed by atoms with Gasteiger partial charge >= 0.3 is 6.18 Å².